The van der Waals surface area contributed by atoms with Crippen molar-refractivity contribution in [1.29, 1.82) is 5.26 Å². The maximum atomic E-state index is 9.66. The number of pyridine rings is 1. The Morgan fingerprint density at radius 1 is 1.17 bits per heavy atom. The van der Waals surface area contributed by atoms with Crippen LogP contribution < -0.4 is 15.4 Å². The van der Waals surface area contributed by atoms with E-state index in [9.17, 15) is 5.26 Å². The quantitative estimate of drug-likeness (QED) is 0.469. The molecule has 35 heavy (non-hydrogen) atoms. The Labute approximate surface area is 211 Å². The molecule has 2 aliphatic rings. The van der Waals surface area contributed by atoms with Gasteiger partial charge in [-0.05, 0) is 44.6 Å². The zero-order valence-electron chi connectivity index (χ0n) is 20.1. The molecule has 1 aliphatic heterocycles. The predicted octanol–water partition coefficient (Wildman–Crippen LogP) is 3.85. The number of hydrogen-bond donors (Lipinski definition) is 2. The third-order valence-electron chi connectivity index (χ3n) is 6.75. The lowest BCUT2D eigenvalue weighted by Gasteiger charge is -2.30. The number of hydrogen-bond acceptors (Lipinski definition) is 9. The Bertz CT molecular complexity index is 1000. The van der Waals surface area contributed by atoms with Crippen molar-refractivity contribution < 1.29 is 14.2 Å². The number of nitriles is 1. The van der Waals surface area contributed by atoms with Gasteiger partial charge in [0.25, 0.3) is 0 Å². The van der Waals surface area contributed by atoms with Crippen LogP contribution >= 0.6 is 11.6 Å². The van der Waals surface area contributed by atoms with Gasteiger partial charge < -0.3 is 24.8 Å². The normalized spacial score (nSPS) is 21.7. The first kappa shape index (κ1) is 25.6. The monoisotopic (exact) mass is 500 g/mol. The lowest BCUT2D eigenvalue weighted by atomic mass is 9.83. The molecule has 0 aromatic carbocycles. The maximum Gasteiger partial charge on any atom is 0.232 e. The van der Waals surface area contributed by atoms with Gasteiger partial charge in [-0.15, -0.1) is 0 Å². The fourth-order valence-corrected chi connectivity index (χ4v) is 4.74. The summed E-state index contributed by atoms with van der Waals surface area (Å²) in [5.74, 6) is 1.13. The van der Waals surface area contributed by atoms with Crippen LogP contribution in [-0.4, -0.2) is 67.1 Å². The molecule has 0 bridgehead atoms. The Morgan fingerprint density at radius 2 is 1.94 bits per heavy atom. The van der Waals surface area contributed by atoms with E-state index in [1.165, 1.54) is 0 Å². The number of halogens is 1. The van der Waals surface area contributed by atoms with Crippen LogP contribution in [0.25, 0.3) is 11.3 Å². The molecular weight excluding hydrogens is 468 g/mol. The van der Waals surface area contributed by atoms with E-state index in [-0.39, 0.29) is 6.61 Å². The van der Waals surface area contributed by atoms with Gasteiger partial charge in [-0.3, -0.25) is 4.98 Å². The van der Waals surface area contributed by atoms with E-state index >= 15 is 0 Å². The van der Waals surface area contributed by atoms with E-state index in [1.54, 1.807) is 25.7 Å². The summed E-state index contributed by atoms with van der Waals surface area (Å²) in [6.07, 6.45) is 10.5. The number of anilines is 1. The zero-order chi connectivity index (χ0) is 24.5. The molecule has 1 saturated carbocycles. The summed E-state index contributed by atoms with van der Waals surface area (Å²) in [6.45, 7) is 3.01. The van der Waals surface area contributed by atoms with Crippen molar-refractivity contribution in [2.24, 2.45) is 5.41 Å². The molecule has 10 heteroatoms. The Balaban J connectivity index is 1.38. The molecule has 2 aromatic rings. The number of nitrogens with one attached hydrogen (secondary N) is 2. The Kier molecular flexibility index (Phi) is 9.10. The van der Waals surface area contributed by atoms with Crippen molar-refractivity contribution in [2.75, 3.05) is 45.4 Å². The molecule has 0 atom stereocenters. The minimum Gasteiger partial charge on any atom is -0.475 e. The van der Waals surface area contributed by atoms with Gasteiger partial charge in [0, 0.05) is 50.7 Å². The van der Waals surface area contributed by atoms with E-state index in [0.29, 0.717) is 54.7 Å². The smallest absolute Gasteiger partial charge is 0.232 e. The summed E-state index contributed by atoms with van der Waals surface area (Å²) in [4.78, 5) is 13.4. The molecule has 0 unspecified atom stereocenters. The molecule has 4 rings (SSSR count). The fraction of sp³-hybridized carbons (Fsp3) is 0.600. The van der Waals surface area contributed by atoms with Gasteiger partial charge in [-0.25, -0.2) is 9.97 Å². The minimum absolute atomic E-state index is 0.255. The first-order valence-electron chi connectivity index (χ1n) is 12.2. The van der Waals surface area contributed by atoms with Crippen LogP contribution in [-0.2, 0) is 9.47 Å². The number of ether oxygens (including phenoxy) is 3. The van der Waals surface area contributed by atoms with Gasteiger partial charge in [-0.2, -0.15) is 5.26 Å². The van der Waals surface area contributed by atoms with Crippen LogP contribution in [0.1, 0.15) is 38.5 Å². The van der Waals surface area contributed by atoms with Crippen molar-refractivity contribution in [3.05, 3.63) is 29.7 Å². The third-order valence-corrected chi connectivity index (χ3v) is 7.05. The minimum atomic E-state index is -0.556. The molecular formula is C25H33ClN6O3. The highest BCUT2D eigenvalue weighted by Gasteiger charge is 2.34. The van der Waals surface area contributed by atoms with Crippen LogP contribution in [0.2, 0.25) is 5.02 Å². The molecule has 0 radical (unpaired) electrons. The van der Waals surface area contributed by atoms with Crippen molar-refractivity contribution in [3.8, 4) is 23.2 Å². The molecule has 2 aromatic heterocycles. The summed E-state index contributed by atoms with van der Waals surface area (Å²) >= 11 is 6.47. The SMILES string of the molecule is COCCNC1CCC(Nc2cc(-c3cncc(OCC4(C#N)CCOCC4)n3)c(Cl)cn2)CC1. The second-order valence-corrected chi connectivity index (χ2v) is 9.63. The average molecular weight is 501 g/mol. The van der Waals surface area contributed by atoms with Crippen LogP contribution in [0.4, 0.5) is 5.82 Å². The second kappa shape index (κ2) is 12.5. The van der Waals surface area contributed by atoms with Crippen LogP contribution in [0.5, 0.6) is 5.88 Å². The first-order chi connectivity index (χ1) is 17.1. The number of methoxy groups -OCH3 is 1. The average Bonchev–Trinajstić information content (AvgIpc) is 2.90. The summed E-state index contributed by atoms with van der Waals surface area (Å²) in [6, 6.07) is 5.21. The zero-order valence-corrected chi connectivity index (χ0v) is 20.9. The summed E-state index contributed by atoms with van der Waals surface area (Å²) in [5.41, 5.74) is 0.777. The number of aromatic nitrogens is 3. The molecule has 2 fully saturated rings. The predicted molar refractivity (Wildman–Crippen MR) is 133 cm³/mol. The second-order valence-electron chi connectivity index (χ2n) is 9.22. The topological polar surface area (TPSA) is 114 Å². The molecule has 188 valence electrons. The summed E-state index contributed by atoms with van der Waals surface area (Å²) < 4.78 is 16.4. The van der Waals surface area contributed by atoms with Gasteiger partial charge in [0.1, 0.15) is 12.4 Å². The van der Waals surface area contributed by atoms with Gasteiger partial charge in [0.2, 0.25) is 5.88 Å². The number of nitrogens with zero attached hydrogens (tertiary/aromatic N) is 4. The molecule has 1 saturated heterocycles. The Hall–Kier alpha value is -2.51. The lowest BCUT2D eigenvalue weighted by molar-refractivity contribution is 0.0182. The number of rotatable bonds is 10. The summed E-state index contributed by atoms with van der Waals surface area (Å²) in [5, 5.41) is 17.2. The Morgan fingerprint density at radius 3 is 2.69 bits per heavy atom. The van der Waals surface area contributed by atoms with Crippen molar-refractivity contribution >= 4 is 17.4 Å². The van der Waals surface area contributed by atoms with Crippen LogP contribution in [0.15, 0.2) is 24.7 Å². The van der Waals surface area contributed by atoms with Crippen molar-refractivity contribution in [2.45, 2.75) is 50.6 Å². The van der Waals surface area contributed by atoms with E-state index in [4.69, 9.17) is 25.8 Å². The standard InChI is InChI=1S/C25H33ClN6O3/c1-33-11-8-29-18-2-4-19(5-3-18)31-23-12-20(21(26)13-30-23)22-14-28-15-24(32-22)35-17-25(16-27)6-9-34-10-7-25/h12-15,18-19,29H,2-11,17H2,1H3,(H,30,31). The van der Waals surface area contributed by atoms with Crippen molar-refractivity contribution in [3.63, 3.8) is 0 Å². The molecule has 9 nitrogen and oxygen atoms in total. The lowest BCUT2D eigenvalue weighted by Crippen LogP contribution is -2.38. The van der Waals surface area contributed by atoms with E-state index in [0.717, 1.165) is 50.2 Å². The van der Waals surface area contributed by atoms with Gasteiger partial charge in [0.05, 0.1) is 41.2 Å². The van der Waals surface area contributed by atoms with E-state index < -0.39 is 5.41 Å². The molecule has 2 N–H and O–H groups in total. The maximum absolute atomic E-state index is 9.66. The highest BCUT2D eigenvalue weighted by Crippen LogP contribution is 2.32. The third kappa shape index (κ3) is 7.01. The van der Waals surface area contributed by atoms with Crippen LogP contribution in [0.3, 0.4) is 0 Å². The van der Waals surface area contributed by atoms with Crippen LogP contribution in [0, 0.1) is 16.7 Å². The van der Waals surface area contributed by atoms with Gasteiger partial charge in [-0.1, -0.05) is 11.6 Å². The first-order valence-corrected chi connectivity index (χ1v) is 12.6. The van der Waals surface area contributed by atoms with E-state index in [1.807, 2.05) is 6.07 Å². The molecule has 0 amide bonds. The van der Waals surface area contributed by atoms with Gasteiger partial charge in [0.15, 0.2) is 0 Å². The molecule has 3 heterocycles. The molecule has 1 aliphatic carbocycles. The van der Waals surface area contributed by atoms with Gasteiger partial charge >= 0.3 is 0 Å². The summed E-state index contributed by atoms with van der Waals surface area (Å²) in [7, 11) is 1.72. The van der Waals surface area contributed by atoms with E-state index in [2.05, 4.69) is 31.7 Å². The largest absolute Gasteiger partial charge is 0.475 e. The fourth-order valence-electron chi connectivity index (χ4n) is 4.54. The van der Waals surface area contributed by atoms with Crippen molar-refractivity contribution in [1.82, 2.24) is 20.3 Å². The highest BCUT2D eigenvalue weighted by atomic mass is 35.5. The molecule has 0 spiro atoms. The highest BCUT2D eigenvalue weighted by molar-refractivity contribution is 6.33.